The Morgan fingerprint density at radius 3 is 2.92 bits per heavy atom. The lowest BCUT2D eigenvalue weighted by atomic mass is 10.2. The molecule has 1 heterocycles. The van der Waals surface area contributed by atoms with E-state index in [9.17, 15) is 0 Å². The Hall–Kier alpha value is -0.750. The van der Waals surface area contributed by atoms with E-state index < -0.39 is 0 Å². The molecule has 72 valence electrons. The molecule has 3 heteroatoms. The van der Waals surface area contributed by atoms with Gasteiger partial charge in [0.15, 0.2) is 0 Å². The first kappa shape index (κ1) is 10.3. The Balaban J connectivity index is 2.56. The number of allylic oxidation sites excluding steroid dienone is 4. The van der Waals surface area contributed by atoms with Gasteiger partial charge in [-0.3, -0.25) is 0 Å². The van der Waals surface area contributed by atoms with Gasteiger partial charge >= 0.3 is 0 Å². The van der Waals surface area contributed by atoms with Crippen LogP contribution in [0.1, 0.15) is 0 Å². The van der Waals surface area contributed by atoms with Crippen molar-refractivity contribution in [2.24, 2.45) is 0 Å². The first-order valence-electron chi connectivity index (χ1n) is 4.39. The highest BCUT2D eigenvalue weighted by Gasteiger charge is 2.03. The summed E-state index contributed by atoms with van der Waals surface area (Å²) in [5, 5.41) is 6.39. The summed E-state index contributed by atoms with van der Waals surface area (Å²) in [6.07, 6.45) is 9.44. The smallest absolute Gasteiger partial charge is 0.0541 e. The lowest BCUT2D eigenvalue weighted by Gasteiger charge is -2.16. The highest BCUT2D eigenvalue weighted by atomic mass is 31.1. The Morgan fingerprint density at radius 2 is 2.31 bits per heavy atom. The van der Waals surface area contributed by atoms with Gasteiger partial charge in [0.25, 0.3) is 0 Å². The van der Waals surface area contributed by atoms with Crippen molar-refractivity contribution in [3.63, 3.8) is 0 Å². The molecule has 0 saturated heterocycles. The normalized spacial score (nSPS) is 18.8. The Morgan fingerprint density at radius 1 is 1.54 bits per heavy atom. The first-order chi connectivity index (χ1) is 6.22. The van der Waals surface area contributed by atoms with Crippen molar-refractivity contribution in [3.05, 3.63) is 35.8 Å². The lowest BCUT2D eigenvalue weighted by molar-refractivity contribution is 0.954. The average Bonchev–Trinajstić information content (AvgIpc) is 2.04. The van der Waals surface area contributed by atoms with E-state index in [4.69, 9.17) is 0 Å². The largest absolute Gasteiger partial charge is 0.392 e. The van der Waals surface area contributed by atoms with Crippen LogP contribution in [0.5, 0.6) is 0 Å². The van der Waals surface area contributed by atoms with Crippen LogP contribution in [-0.2, 0) is 0 Å². The number of rotatable bonds is 3. The zero-order chi connectivity index (χ0) is 9.68. The number of nitrogens with one attached hydrogen (secondary N) is 2. The summed E-state index contributed by atoms with van der Waals surface area (Å²) in [5.41, 5.74) is 2.46. The molecule has 0 radical (unpaired) electrons. The van der Waals surface area contributed by atoms with Gasteiger partial charge < -0.3 is 10.6 Å². The van der Waals surface area contributed by atoms with Crippen molar-refractivity contribution >= 4 is 7.92 Å². The van der Waals surface area contributed by atoms with Gasteiger partial charge in [0.1, 0.15) is 0 Å². The van der Waals surface area contributed by atoms with Crippen molar-refractivity contribution in [1.29, 1.82) is 0 Å². The molecule has 0 bridgehead atoms. The molecule has 0 atom stereocenters. The Labute approximate surface area is 81.5 Å². The van der Waals surface area contributed by atoms with Gasteiger partial charge in [-0.25, -0.2) is 0 Å². The minimum atomic E-state index is 0.136. The molecule has 1 rings (SSSR count). The van der Waals surface area contributed by atoms with Crippen LogP contribution in [0.3, 0.4) is 0 Å². The van der Waals surface area contributed by atoms with Crippen LogP contribution in [-0.4, -0.2) is 26.5 Å². The summed E-state index contributed by atoms with van der Waals surface area (Å²) in [7, 11) is 2.05. The van der Waals surface area contributed by atoms with Gasteiger partial charge in [0.2, 0.25) is 0 Å². The van der Waals surface area contributed by atoms with Crippen molar-refractivity contribution in [3.8, 4) is 0 Å². The lowest BCUT2D eigenvalue weighted by Crippen LogP contribution is -2.17. The van der Waals surface area contributed by atoms with E-state index in [2.05, 4.69) is 42.2 Å². The van der Waals surface area contributed by atoms with Crippen LogP contribution in [0, 0.1) is 0 Å². The van der Waals surface area contributed by atoms with Gasteiger partial charge in [0.05, 0.1) is 5.70 Å². The molecule has 0 aliphatic carbocycles. The molecule has 0 unspecified atom stereocenters. The molecule has 13 heavy (non-hydrogen) atoms. The van der Waals surface area contributed by atoms with Gasteiger partial charge in [-0.05, 0) is 25.5 Å². The maximum absolute atomic E-state index is 3.37. The maximum atomic E-state index is 3.37. The van der Waals surface area contributed by atoms with Crippen molar-refractivity contribution in [2.45, 2.75) is 0 Å². The summed E-state index contributed by atoms with van der Waals surface area (Å²) in [5.74, 6) is 0. The molecule has 0 saturated carbocycles. The second kappa shape index (κ2) is 5.08. The van der Waals surface area contributed by atoms with Crippen molar-refractivity contribution < 1.29 is 0 Å². The van der Waals surface area contributed by atoms with Crippen LogP contribution >= 0.6 is 7.92 Å². The molecule has 0 fully saturated rings. The molecular weight excluding hydrogens is 179 g/mol. The topological polar surface area (TPSA) is 24.1 Å². The van der Waals surface area contributed by atoms with E-state index >= 15 is 0 Å². The number of hydrogen-bond acceptors (Lipinski definition) is 2. The van der Waals surface area contributed by atoms with Crippen molar-refractivity contribution in [2.75, 3.05) is 26.5 Å². The minimum absolute atomic E-state index is 0.136. The van der Waals surface area contributed by atoms with E-state index in [0.29, 0.717) is 0 Å². The zero-order valence-corrected chi connectivity index (χ0v) is 9.36. The quantitative estimate of drug-likeness (QED) is 0.673. The van der Waals surface area contributed by atoms with E-state index in [0.717, 1.165) is 5.70 Å². The predicted molar refractivity (Wildman–Crippen MR) is 61.1 cm³/mol. The monoisotopic (exact) mass is 196 g/mol. The third kappa shape index (κ3) is 3.65. The predicted octanol–water partition coefficient (Wildman–Crippen LogP) is 1.83. The van der Waals surface area contributed by atoms with E-state index in [1.165, 1.54) is 11.9 Å². The first-order valence-corrected chi connectivity index (χ1v) is 6.81. The molecule has 0 aromatic rings. The van der Waals surface area contributed by atoms with Crippen LogP contribution < -0.4 is 10.6 Å². The molecular formula is C10H17N2P. The fourth-order valence-electron chi connectivity index (χ4n) is 1.21. The van der Waals surface area contributed by atoms with Crippen LogP contribution in [0.25, 0.3) is 0 Å². The maximum Gasteiger partial charge on any atom is 0.0541 e. The molecule has 2 N–H and O–H groups in total. The average molecular weight is 196 g/mol. The second-order valence-electron chi connectivity index (χ2n) is 3.30. The van der Waals surface area contributed by atoms with E-state index in [1.807, 2.05) is 13.2 Å². The standard InChI is InChI=1S/C10H17N2P/c1-11-7-9-5-4-6-10(12-9)8-13(2)3/h4-7,11-12H,8H2,1-3H3. The van der Waals surface area contributed by atoms with Gasteiger partial charge in [0, 0.05) is 25.1 Å². The van der Waals surface area contributed by atoms with Crippen molar-refractivity contribution in [1.82, 2.24) is 10.6 Å². The molecule has 0 amide bonds. The van der Waals surface area contributed by atoms with Crippen LogP contribution in [0.2, 0.25) is 0 Å². The van der Waals surface area contributed by atoms with Crippen LogP contribution in [0.4, 0.5) is 0 Å². The third-order valence-electron chi connectivity index (χ3n) is 1.66. The SMILES string of the molecule is CNC=C1C=CC=C(CP(C)C)N1. The molecule has 0 aromatic carbocycles. The summed E-state index contributed by atoms with van der Waals surface area (Å²) >= 11 is 0. The number of hydrogen-bond donors (Lipinski definition) is 2. The zero-order valence-electron chi connectivity index (χ0n) is 8.46. The summed E-state index contributed by atoms with van der Waals surface area (Å²) in [4.78, 5) is 0. The highest BCUT2D eigenvalue weighted by molar-refractivity contribution is 7.56. The fourth-order valence-corrected chi connectivity index (χ4v) is 2.08. The number of dihydropyridines is 1. The second-order valence-corrected chi connectivity index (χ2v) is 5.78. The van der Waals surface area contributed by atoms with Crippen LogP contribution in [0.15, 0.2) is 35.8 Å². The summed E-state index contributed by atoms with van der Waals surface area (Å²) < 4.78 is 0. The summed E-state index contributed by atoms with van der Waals surface area (Å²) in [6, 6.07) is 0. The van der Waals surface area contributed by atoms with E-state index in [-0.39, 0.29) is 7.92 Å². The Kier molecular flexibility index (Phi) is 4.04. The van der Waals surface area contributed by atoms with Gasteiger partial charge in [-0.2, -0.15) is 0 Å². The molecule has 1 aliphatic heterocycles. The molecule has 2 nitrogen and oxygen atoms in total. The van der Waals surface area contributed by atoms with E-state index in [1.54, 1.807) is 0 Å². The molecule has 0 spiro atoms. The Bertz CT molecular complexity index is 252. The van der Waals surface area contributed by atoms with Gasteiger partial charge in [-0.1, -0.05) is 6.08 Å². The minimum Gasteiger partial charge on any atom is -0.392 e. The molecule has 1 aliphatic rings. The third-order valence-corrected chi connectivity index (χ3v) is 2.64. The fraction of sp³-hybridized carbons (Fsp3) is 0.400. The molecule has 0 aromatic heterocycles. The highest BCUT2D eigenvalue weighted by Crippen LogP contribution is 2.27. The summed E-state index contributed by atoms with van der Waals surface area (Å²) in [6.45, 7) is 4.58. The van der Waals surface area contributed by atoms with Gasteiger partial charge in [-0.15, -0.1) is 7.92 Å².